The van der Waals surface area contributed by atoms with E-state index < -0.39 is 0 Å². The molecule has 0 amide bonds. The van der Waals surface area contributed by atoms with Gasteiger partial charge in [-0.2, -0.15) is 0 Å². The standard InChI is InChI=1S/3C9H19NO/c3*1-7(2)10-5-8(3)11-9(4)6-10/h3*7-9H,5-6H2,1-4H3/t8-,9+;2*8-,9-/m.10/s1. The molecule has 0 saturated carbocycles. The summed E-state index contributed by atoms with van der Waals surface area (Å²) in [6.07, 6.45) is 2.42. The minimum atomic E-state index is 0.404. The third-order valence-electron chi connectivity index (χ3n) is 6.53. The summed E-state index contributed by atoms with van der Waals surface area (Å²) in [5, 5.41) is 0. The molecule has 3 fully saturated rings. The van der Waals surface area contributed by atoms with Crippen molar-refractivity contribution in [3.63, 3.8) is 0 Å². The molecule has 0 aromatic carbocycles. The van der Waals surface area contributed by atoms with Gasteiger partial charge in [-0.15, -0.1) is 0 Å². The summed E-state index contributed by atoms with van der Waals surface area (Å²) in [5.74, 6) is 0. The van der Waals surface area contributed by atoms with E-state index in [-0.39, 0.29) is 0 Å². The van der Waals surface area contributed by atoms with E-state index in [0.717, 1.165) is 39.3 Å². The van der Waals surface area contributed by atoms with Crippen LogP contribution in [0.2, 0.25) is 0 Å². The molecule has 33 heavy (non-hydrogen) atoms. The molecule has 0 aromatic rings. The van der Waals surface area contributed by atoms with Crippen LogP contribution in [0.4, 0.5) is 0 Å². The van der Waals surface area contributed by atoms with Crippen molar-refractivity contribution in [2.24, 2.45) is 0 Å². The fourth-order valence-corrected chi connectivity index (χ4v) is 4.92. The minimum absolute atomic E-state index is 0.404. The van der Waals surface area contributed by atoms with Gasteiger partial charge < -0.3 is 14.2 Å². The molecule has 0 unspecified atom stereocenters. The number of hydrogen-bond donors (Lipinski definition) is 0. The Balaban J connectivity index is 0.000000247. The van der Waals surface area contributed by atoms with E-state index in [1.54, 1.807) is 0 Å². The van der Waals surface area contributed by atoms with Crippen LogP contribution in [0.3, 0.4) is 0 Å². The third-order valence-corrected chi connectivity index (χ3v) is 6.53. The summed E-state index contributed by atoms with van der Waals surface area (Å²) in [6, 6.07) is 1.97. The van der Waals surface area contributed by atoms with Crippen LogP contribution in [-0.4, -0.2) is 109 Å². The highest BCUT2D eigenvalue weighted by atomic mass is 16.5. The molecule has 6 heteroatoms. The topological polar surface area (TPSA) is 37.4 Å². The van der Waals surface area contributed by atoms with Crippen LogP contribution in [0, 0.1) is 0 Å². The Bertz CT molecular complexity index is 416. The zero-order chi connectivity index (χ0) is 25.3. The molecule has 0 aromatic heterocycles. The first-order chi connectivity index (χ1) is 15.3. The highest BCUT2D eigenvalue weighted by Gasteiger charge is 2.25. The fourth-order valence-electron chi connectivity index (χ4n) is 4.92. The summed E-state index contributed by atoms with van der Waals surface area (Å²) < 4.78 is 16.9. The quantitative estimate of drug-likeness (QED) is 0.603. The molecule has 6 nitrogen and oxygen atoms in total. The Hall–Kier alpha value is -0.240. The Morgan fingerprint density at radius 2 is 0.545 bits per heavy atom. The highest BCUT2D eigenvalue weighted by Crippen LogP contribution is 2.14. The third kappa shape index (κ3) is 12.3. The van der Waals surface area contributed by atoms with Crippen molar-refractivity contribution in [3.05, 3.63) is 0 Å². The van der Waals surface area contributed by atoms with E-state index in [1.165, 1.54) is 0 Å². The van der Waals surface area contributed by atoms with Crippen molar-refractivity contribution in [3.8, 4) is 0 Å². The number of rotatable bonds is 3. The van der Waals surface area contributed by atoms with Crippen LogP contribution < -0.4 is 0 Å². The van der Waals surface area contributed by atoms with E-state index in [4.69, 9.17) is 14.2 Å². The Morgan fingerprint density at radius 1 is 0.394 bits per heavy atom. The van der Waals surface area contributed by atoms with E-state index in [2.05, 4.69) is 97.8 Å². The van der Waals surface area contributed by atoms with Crippen LogP contribution >= 0.6 is 0 Å². The van der Waals surface area contributed by atoms with Gasteiger partial charge in [-0.1, -0.05) is 0 Å². The lowest BCUT2D eigenvalue weighted by molar-refractivity contribution is -0.0766. The first-order valence-electron chi connectivity index (χ1n) is 13.5. The van der Waals surface area contributed by atoms with Crippen molar-refractivity contribution in [2.75, 3.05) is 39.3 Å². The molecular weight excluding hydrogens is 414 g/mol. The molecule has 6 atom stereocenters. The predicted octanol–water partition coefficient (Wildman–Crippen LogP) is 4.51. The molecule has 3 heterocycles. The van der Waals surface area contributed by atoms with Crippen LogP contribution in [-0.2, 0) is 14.2 Å². The summed E-state index contributed by atoms with van der Waals surface area (Å²) in [6.45, 7) is 32.8. The maximum atomic E-state index is 5.62. The van der Waals surface area contributed by atoms with E-state index in [0.29, 0.717) is 54.7 Å². The molecule has 0 spiro atoms. The average molecular weight is 472 g/mol. The van der Waals surface area contributed by atoms with E-state index in [1.807, 2.05) is 0 Å². The van der Waals surface area contributed by atoms with Crippen LogP contribution in [0.5, 0.6) is 0 Å². The lowest BCUT2D eigenvalue weighted by atomic mass is 10.2. The second kappa shape index (κ2) is 15.0. The fraction of sp³-hybridized carbons (Fsp3) is 1.00. The number of ether oxygens (including phenoxy) is 3. The number of hydrogen-bond acceptors (Lipinski definition) is 6. The molecule has 3 aliphatic rings. The second-order valence-electron chi connectivity index (χ2n) is 11.4. The molecule has 0 radical (unpaired) electrons. The molecule has 0 bridgehead atoms. The van der Waals surface area contributed by atoms with Crippen molar-refractivity contribution in [1.82, 2.24) is 14.7 Å². The maximum Gasteiger partial charge on any atom is 0.0678 e. The molecule has 0 aliphatic carbocycles. The lowest BCUT2D eigenvalue weighted by Crippen LogP contribution is -2.48. The summed E-state index contributed by atoms with van der Waals surface area (Å²) in [5.41, 5.74) is 0. The summed E-state index contributed by atoms with van der Waals surface area (Å²) in [7, 11) is 0. The van der Waals surface area contributed by atoms with Crippen molar-refractivity contribution < 1.29 is 14.2 Å². The monoisotopic (exact) mass is 471 g/mol. The van der Waals surface area contributed by atoms with Gasteiger partial charge in [0.2, 0.25) is 0 Å². The Labute approximate surface area is 206 Å². The van der Waals surface area contributed by atoms with Gasteiger partial charge in [0.15, 0.2) is 0 Å². The summed E-state index contributed by atoms with van der Waals surface area (Å²) >= 11 is 0. The first kappa shape index (κ1) is 30.8. The smallest absolute Gasteiger partial charge is 0.0678 e. The number of morpholine rings is 3. The van der Waals surface area contributed by atoms with Gasteiger partial charge in [-0.25, -0.2) is 0 Å². The van der Waals surface area contributed by atoms with E-state index in [9.17, 15) is 0 Å². The van der Waals surface area contributed by atoms with Crippen LogP contribution in [0.1, 0.15) is 83.1 Å². The molecule has 0 N–H and O–H groups in total. The normalized spacial score (nSPS) is 34.6. The van der Waals surface area contributed by atoms with Gasteiger partial charge in [0.25, 0.3) is 0 Å². The zero-order valence-corrected chi connectivity index (χ0v) is 24.0. The number of nitrogens with zero attached hydrogens (tertiary/aromatic N) is 3. The lowest BCUT2D eigenvalue weighted by Gasteiger charge is -2.37. The largest absolute Gasteiger partial charge is 0.373 e. The maximum absolute atomic E-state index is 5.62. The van der Waals surface area contributed by atoms with Gasteiger partial charge >= 0.3 is 0 Å². The molecule has 3 aliphatic heterocycles. The summed E-state index contributed by atoms with van der Waals surface area (Å²) in [4.78, 5) is 7.41. The van der Waals surface area contributed by atoms with Crippen LogP contribution in [0.15, 0.2) is 0 Å². The van der Waals surface area contributed by atoms with Gasteiger partial charge in [0.1, 0.15) is 0 Å². The Kier molecular flexibility index (Phi) is 14.0. The van der Waals surface area contributed by atoms with Gasteiger partial charge in [-0.3, -0.25) is 14.7 Å². The average Bonchev–Trinajstić information content (AvgIpc) is 2.66. The van der Waals surface area contributed by atoms with E-state index >= 15 is 0 Å². The van der Waals surface area contributed by atoms with Crippen molar-refractivity contribution in [1.29, 1.82) is 0 Å². The van der Waals surface area contributed by atoms with Gasteiger partial charge in [0.05, 0.1) is 36.6 Å². The minimum Gasteiger partial charge on any atom is -0.373 e. The van der Waals surface area contributed by atoms with Gasteiger partial charge in [0, 0.05) is 57.4 Å². The highest BCUT2D eigenvalue weighted by molar-refractivity contribution is 4.76. The van der Waals surface area contributed by atoms with Crippen LogP contribution in [0.25, 0.3) is 0 Å². The molecular formula is C27H57N3O3. The van der Waals surface area contributed by atoms with Crippen molar-refractivity contribution >= 4 is 0 Å². The molecule has 3 saturated heterocycles. The molecule has 3 rings (SSSR count). The second-order valence-corrected chi connectivity index (χ2v) is 11.4. The molecule has 198 valence electrons. The Morgan fingerprint density at radius 3 is 0.667 bits per heavy atom. The zero-order valence-electron chi connectivity index (χ0n) is 24.0. The SMILES string of the molecule is CC(C)N1C[C@@H](C)O[C@@H](C)C1.CC(C)N1C[C@@H](C)O[C@H](C)C1.CC(C)N1C[C@H](C)O[C@@H](C)C1. The first-order valence-corrected chi connectivity index (χ1v) is 13.5. The van der Waals surface area contributed by atoms with Crippen molar-refractivity contribution in [2.45, 2.75) is 138 Å². The van der Waals surface area contributed by atoms with Gasteiger partial charge in [-0.05, 0) is 83.1 Å². The predicted molar refractivity (Wildman–Crippen MR) is 140 cm³/mol.